The predicted octanol–water partition coefficient (Wildman–Crippen LogP) is 4.24. The summed E-state index contributed by atoms with van der Waals surface area (Å²) in [5.41, 5.74) is 0.359. The zero-order valence-corrected chi connectivity index (χ0v) is 7.58. The second-order valence-electron chi connectivity index (χ2n) is 1.85. The van der Waals surface area contributed by atoms with Crippen LogP contribution in [0.3, 0.4) is 0 Å². The van der Waals surface area contributed by atoms with E-state index in [1.807, 2.05) is 0 Å². The van der Waals surface area contributed by atoms with E-state index in [1.54, 1.807) is 0 Å². The first-order valence-electron chi connectivity index (χ1n) is 2.70. The zero-order valence-electron chi connectivity index (χ0n) is 5.31. The van der Waals surface area contributed by atoms with E-state index in [-0.39, 0.29) is 0 Å². The van der Waals surface area contributed by atoms with E-state index in [0.717, 1.165) is 0 Å². The molecule has 0 aromatic heterocycles. The normalized spacial score (nSPS) is 9.27. The predicted molar refractivity (Wildman–Crippen MR) is 49.4 cm³/mol. The van der Waals surface area contributed by atoms with Gasteiger partial charge in [0.25, 0.3) is 6.57 Å². The smallest absolute Gasteiger partial charge is 0.0842 e. The van der Waals surface area contributed by atoms with Gasteiger partial charge in [0, 0.05) is 5.02 Å². The van der Waals surface area contributed by atoms with Crippen molar-refractivity contribution in [1.82, 2.24) is 0 Å². The Bertz CT molecular complexity index is 304. The molecule has 0 saturated heterocycles. The minimum Gasteiger partial charge on any atom is -0.0842 e. The topological polar surface area (TPSA) is 4.36 Å². The fraction of sp³-hybridized carbons (Fsp3) is 0. The monoisotopic (exact) mass is 206 g/mol. The van der Waals surface area contributed by atoms with E-state index in [2.05, 4.69) is 4.85 Å². The number of rotatable bonds is 0. The standard InChI is InChI=1S/C7H3Cl3N/c1-11-7-5(9)2-4(8)3-6(7)10/h1-3H/q+1. The van der Waals surface area contributed by atoms with Crippen LogP contribution in [0.25, 0.3) is 4.85 Å². The Morgan fingerprint density at radius 1 is 1.09 bits per heavy atom. The second-order valence-corrected chi connectivity index (χ2v) is 3.10. The molecular weight excluding hydrogens is 204 g/mol. The molecule has 1 nitrogen and oxygen atoms in total. The molecule has 0 saturated carbocycles. The lowest BCUT2D eigenvalue weighted by atomic mass is 10.3. The van der Waals surface area contributed by atoms with Crippen LogP contribution in [0.1, 0.15) is 0 Å². The third kappa shape index (κ3) is 1.78. The lowest BCUT2D eigenvalue weighted by Crippen LogP contribution is -1.69. The summed E-state index contributed by atoms with van der Waals surface area (Å²) in [5, 5.41) is 1.17. The van der Waals surface area contributed by atoms with Crippen LogP contribution >= 0.6 is 34.8 Å². The first-order valence-corrected chi connectivity index (χ1v) is 3.84. The van der Waals surface area contributed by atoms with Gasteiger partial charge in [0.15, 0.2) is 0 Å². The van der Waals surface area contributed by atoms with Gasteiger partial charge in [0.2, 0.25) is 0 Å². The van der Waals surface area contributed by atoms with E-state index in [4.69, 9.17) is 41.4 Å². The Labute approximate surface area is 79.3 Å². The molecule has 0 unspecified atom stereocenters. The molecule has 1 aromatic carbocycles. The molecule has 0 spiro atoms. The Morgan fingerprint density at radius 3 is 1.91 bits per heavy atom. The SMILES string of the molecule is C#[N+]c1c(Cl)cc(Cl)cc1Cl. The fourth-order valence-electron chi connectivity index (χ4n) is 0.658. The first kappa shape index (κ1) is 8.67. The van der Waals surface area contributed by atoms with Crippen molar-refractivity contribution in [3.05, 3.63) is 32.0 Å². The van der Waals surface area contributed by atoms with Gasteiger partial charge in [0.1, 0.15) is 10.0 Å². The van der Waals surface area contributed by atoms with Gasteiger partial charge in [0.05, 0.1) is 0 Å². The molecule has 0 heterocycles. The molecule has 0 amide bonds. The molecule has 0 aliphatic carbocycles. The summed E-state index contributed by atoms with van der Waals surface area (Å²) in [6, 6.07) is 3.06. The Balaban J connectivity index is 3.40. The van der Waals surface area contributed by atoms with Crippen molar-refractivity contribution in [2.24, 2.45) is 0 Å². The van der Waals surface area contributed by atoms with Crippen LogP contribution in [0, 0.1) is 6.57 Å². The maximum absolute atomic E-state index is 5.69. The van der Waals surface area contributed by atoms with Crippen LogP contribution in [0.5, 0.6) is 0 Å². The van der Waals surface area contributed by atoms with Crippen LogP contribution in [-0.4, -0.2) is 0 Å². The molecule has 0 bridgehead atoms. The average Bonchev–Trinajstić information content (AvgIpc) is 1.85. The molecule has 0 aliphatic heterocycles. The summed E-state index contributed by atoms with van der Waals surface area (Å²) in [6.45, 7) is 5.01. The van der Waals surface area contributed by atoms with Gasteiger partial charge in [-0.2, -0.15) is 0 Å². The highest BCUT2D eigenvalue weighted by molar-refractivity contribution is 6.41. The maximum Gasteiger partial charge on any atom is 0.376 e. The molecule has 4 heteroatoms. The van der Waals surface area contributed by atoms with Crippen LogP contribution < -0.4 is 0 Å². The molecular formula is C7H3Cl3N+. The summed E-state index contributed by atoms with van der Waals surface area (Å²) < 4.78 is 0. The van der Waals surface area contributed by atoms with Crippen LogP contribution in [0.2, 0.25) is 15.1 Å². The van der Waals surface area contributed by atoms with Gasteiger partial charge < -0.3 is 0 Å². The summed E-state index contributed by atoms with van der Waals surface area (Å²) in [6.07, 6.45) is 0. The van der Waals surface area contributed by atoms with Crippen LogP contribution in [0.4, 0.5) is 5.69 Å². The number of nitrogens with zero attached hydrogens (tertiary/aromatic N) is 1. The van der Waals surface area contributed by atoms with Crippen LogP contribution in [-0.2, 0) is 0 Å². The molecule has 56 valence electrons. The molecule has 0 aliphatic rings. The van der Waals surface area contributed by atoms with Gasteiger partial charge >= 0.3 is 5.69 Å². The van der Waals surface area contributed by atoms with Gasteiger partial charge in [-0.1, -0.05) is 34.8 Å². The Kier molecular flexibility index (Phi) is 2.62. The molecule has 0 fully saturated rings. The van der Waals surface area contributed by atoms with Gasteiger partial charge in [-0.15, -0.1) is 0 Å². The van der Waals surface area contributed by atoms with Crippen molar-refractivity contribution in [1.29, 1.82) is 0 Å². The first-order chi connectivity index (χ1) is 5.15. The number of benzene rings is 1. The van der Waals surface area contributed by atoms with Crippen molar-refractivity contribution in [2.45, 2.75) is 0 Å². The number of hydrogen-bond donors (Lipinski definition) is 0. The minimum absolute atomic E-state index is 0.352. The van der Waals surface area contributed by atoms with Crippen LogP contribution in [0.15, 0.2) is 12.1 Å². The van der Waals surface area contributed by atoms with Crippen molar-refractivity contribution in [2.75, 3.05) is 0 Å². The third-order valence-corrected chi connectivity index (χ3v) is 1.91. The molecule has 11 heavy (non-hydrogen) atoms. The average molecular weight is 207 g/mol. The third-order valence-electron chi connectivity index (χ3n) is 1.11. The van der Waals surface area contributed by atoms with Crippen molar-refractivity contribution < 1.29 is 0 Å². The minimum atomic E-state index is 0.352. The highest BCUT2D eigenvalue weighted by atomic mass is 35.5. The number of hydrogen-bond acceptors (Lipinski definition) is 0. The van der Waals surface area contributed by atoms with Gasteiger partial charge in [-0.3, -0.25) is 0 Å². The summed E-state index contributed by atoms with van der Waals surface area (Å²) in [4.78, 5) is 3.39. The summed E-state index contributed by atoms with van der Waals surface area (Å²) in [5.74, 6) is 0. The maximum atomic E-state index is 5.69. The Morgan fingerprint density at radius 2 is 1.55 bits per heavy atom. The number of halogens is 3. The van der Waals surface area contributed by atoms with E-state index in [0.29, 0.717) is 20.8 Å². The Hall–Kier alpha value is -0.420. The van der Waals surface area contributed by atoms with E-state index in [1.165, 1.54) is 12.1 Å². The van der Waals surface area contributed by atoms with E-state index < -0.39 is 0 Å². The lowest BCUT2D eigenvalue weighted by molar-refractivity contribution is 1.71. The van der Waals surface area contributed by atoms with Gasteiger partial charge in [-0.25, -0.2) is 0 Å². The molecule has 0 radical (unpaired) electrons. The van der Waals surface area contributed by atoms with Crippen molar-refractivity contribution in [3.63, 3.8) is 0 Å². The highest BCUT2D eigenvalue weighted by Crippen LogP contribution is 2.35. The molecule has 0 N–H and O–H groups in total. The molecule has 1 aromatic rings. The largest absolute Gasteiger partial charge is 0.376 e. The highest BCUT2D eigenvalue weighted by Gasteiger charge is 2.14. The zero-order chi connectivity index (χ0) is 8.43. The van der Waals surface area contributed by atoms with E-state index in [9.17, 15) is 0 Å². The second kappa shape index (κ2) is 3.32. The fourth-order valence-corrected chi connectivity index (χ4v) is 1.57. The molecule has 0 atom stereocenters. The lowest BCUT2D eigenvalue weighted by Gasteiger charge is -1.90. The van der Waals surface area contributed by atoms with Crippen molar-refractivity contribution >= 4 is 40.5 Å². The van der Waals surface area contributed by atoms with Gasteiger partial charge in [-0.05, 0) is 17.0 Å². The van der Waals surface area contributed by atoms with E-state index >= 15 is 0 Å². The summed E-state index contributed by atoms with van der Waals surface area (Å²) >= 11 is 17.0. The quantitative estimate of drug-likeness (QED) is 0.599. The van der Waals surface area contributed by atoms with Crippen molar-refractivity contribution in [3.8, 4) is 6.57 Å². The summed E-state index contributed by atoms with van der Waals surface area (Å²) in [7, 11) is 0. The molecule has 1 rings (SSSR count).